The molecule has 0 spiro atoms. The maximum atomic E-state index is 11.9. The summed E-state index contributed by atoms with van der Waals surface area (Å²) in [7, 11) is -3.28. The number of hydrogen-bond acceptors (Lipinski definition) is 4. The van der Waals surface area contributed by atoms with Crippen molar-refractivity contribution in [2.75, 3.05) is 15.8 Å². The second-order valence-electron chi connectivity index (χ2n) is 6.14. The van der Waals surface area contributed by atoms with E-state index in [-0.39, 0.29) is 11.9 Å². The maximum absolute atomic E-state index is 11.9. The summed E-state index contributed by atoms with van der Waals surface area (Å²) in [6.07, 6.45) is 1.59. The predicted octanol–water partition coefficient (Wildman–Crippen LogP) is 4.76. The molecule has 2 aromatic carbocycles. The maximum Gasteiger partial charge on any atom is 0.232 e. The minimum absolute atomic E-state index is 0.0860. The number of anilines is 3. The van der Waals surface area contributed by atoms with Crippen LogP contribution in [0.4, 0.5) is 17.1 Å². The summed E-state index contributed by atoms with van der Waals surface area (Å²) >= 11 is 0. The molecule has 0 saturated heterocycles. The van der Waals surface area contributed by atoms with Crippen molar-refractivity contribution in [2.45, 2.75) is 39.7 Å². The van der Waals surface area contributed by atoms with Crippen LogP contribution in [0.3, 0.4) is 0 Å². The quantitative estimate of drug-likeness (QED) is 0.675. The Morgan fingerprint density at radius 2 is 1.64 bits per heavy atom. The van der Waals surface area contributed by atoms with Crippen molar-refractivity contribution in [3.05, 3.63) is 48.5 Å². The van der Waals surface area contributed by atoms with E-state index < -0.39 is 10.0 Å². The zero-order valence-electron chi connectivity index (χ0n) is 15.0. The summed E-state index contributed by atoms with van der Waals surface area (Å²) in [5, 5.41) is 3.30. The number of hydrogen-bond donors (Lipinski definition) is 2. The van der Waals surface area contributed by atoms with Gasteiger partial charge in [0.15, 0.2) is 0 Å². The van der Waals surface area contributed by atoms with Crippen molar-refractivity contribution in [1.82, 2.24) is 0 Å². The number of para-hydroxylation sites is 2. The van der Waals surface area contributed by atoms with Crippen LogP contribution in [-0.4, -0.2) is 20.3 Å². The van der Waals surface area contributed by atoms with Crippen LogP contribution in [0.15, 0.2) is 48.5 Å². The van der Waals surface area contributed by atoms with E-state index in [2.05, 4.69) is 10.0 Å². The van der Waals surface area contributed by atoms with Crippen LogP contribution in [0.1, 0.15) is 33.6 Å². The van der Waals surface area contributed by atoms with Gasteiger partial charge < -0.3 is 10.1 Å². The lowest BCUT2D eigenvalue weighted by Gasteiger charge is -2.15. The Balaban J connectivity index is 2.06. The van der Waals surface area contributed by atoms with Gasteiger partial charge in [0.25, 0.3) is 0 Å². The third-order valence-corrected chi connectivity index (χ3v) is 4.83. The molecule has 0 aromatic heterocycles. The van der Waals surface area contributed by atoms with Gasteiger partial charge >= 0.3 is 0 Å². The van der Waals surface area contributed by atoms with Gasteiger partial charge in [-0.15, -0.1) is 0 Å². The smallest absolute Gasteiger partial charge is 0.232 e. The fourth-order valence-corrected chi connectivity index (χ4v) is 3.53. The largest absolute Gasteiger partial charge is 0.489 e. The molecule has 6 heteroatoms. The molecule has 0 bridgehead atoms. The van der Waals surface area contributed by atoms with E-state index in [1.807, 2.05) is 57.2 Å². The number of nitrogens with one attached hydrogen (secondary N) is 2. The van der Waals surface area contributed by atoms with Gasteiger partial charge in [-0.25, -0.2) is 8.42 Å². The molecule has 0 radical (unpaired) electrons. The van der Waals surface area contributed by atoms with E-state index in [4.69, 9.17) is 4.74 Å². The van der Waals surface area contributed by atoms with Gasteiger partial charge in [-0.1, -0.05) is 25.5 Å². The molecule has 0 unspecified atom stereocenters. The highest BCUT2D eigenvalue weighted by Crippen LogP contribution is 2.28. The minimum Gasteiger partial charge on any atom is -0.489 e. The van der Waals surface area contributed by atoms with Gasteiger partial charge in [0.1, 0.15) is 5.75 Å². The third kappa shape index (κ3) is 6.31. The highest BCUT2D eigenvalue weighted by Gasteiger charge is 2.10. The molecule has 5 nitrogen and oxygen atoms in total. The highest BCUT2D eigenvalue weighted by molar-refractivity contribution is 7.92. The molecule has 2 rings (SSSR count). The van der Waals surface area contributed by atoms with Crippen molar-refractivity contribution in [1.29, 1.82) is 0 Å². The monoisotopic (exact) mass is 362 g/mol. The molecule has 0 aliphatic rings. The molecular formula is C19H26N2O3S. The summed E-state index contributed by atoms with van der Waals surface area (Å²) in [5.41, 5.74) is 2.29. The van der Waals surface area contributed by atoms with Crippen molar-refractivity contribution in [3.63, 3.8) is 0 Å². The Morgan fingerprint density at radius 1 is 1.00 bits per heavy atom. The van der Waals surface area contributed by atoms with Crippen LogP contribution in [0, 0.1) is 0 Å². The number of unbranched alkanes of at least 4 members (excludes halogenated alkanes) is 1. The van der Waals surface area contributed by atoms with Crippen LogP contribution < -0.4 is 14.8 Å². The molecule has 2 aromatic rings. The topological polar surface area (TPSA) is 67.4 Å². The van der Waals surface area contributed by atoms with Crippen LogP contribution >= 0.6 is 0 Å². The molecule has 0 fully saturated rings. The standard InChI is InChI=1S/C19H26N2O3S/c1-4-5-14-25(22,23)21-17-12-10-16(11-13-17)20-18-8-6-7-9-19(18)24-15(2)3/h6-13,15,20-21H,4-5,14H2,1-3H3. The SMILES string of the molecule is CCCCS(=O)(=O)Nc1ccc(Nc2ccccc2OC(C)C)cc1. The lowest BCUT2D eigenvalue weighted by atomic mass is 10.2. The Labute approximate surface area is 150 Å². The molecule has 0 amide bonds. The molecule has 0 saturated carbocycles. The lowest BCUT2D eigenvalue weighted by Crippen LogP contribution is -2.16. The summed E-state index contributed by atoms with van der Waals surface area (Å²) in [6.45, 7) is 5.93. The molecule has 136 valence electrons. The first kappa shape index (κ1) is 19.1. The Hall–Kier alpha value is -2.21. The zero-order chi connectivity index (χ0) is 18.3. The fraction of sp³-hybridized carbons (Fsp3) is 0.368. The number of benzene rings is 2. The van der Waals surface area contributed by atoms with E-state index in [0.29, 0.717) is 12.1 Å². The molecular weight excluding hydrogens is 336 g/mol. The molecule has 0 atom stereocenters. The number of rotatable bonds is 9. The first-order valence-corrected chi connectivity index (χ1v) is 10.2. The average Bonchev–Trinajstić information content (AvgIpc) is 2.56. The van der Waals surface area contributed by atoms with E-state index in [0.717, 1.165) is 23.5 Å². The molecule has 0 aliphatic carbocycles. The molecule has 0 aliphatic heterocycles. The van der Waals surface area contributed by atoms with Gasteiger partial charge in [-0.2, -0.15) is 0 Å². The summed E-state index contributed by atoms with van der Waals surface area (Å²) in [4.78, 5) is 0. The summed E-state index contributed by atoms with van der Waals surface area (Å²) < 4.78 is 32.3. The van der Waals surface area contributed by atoms with Gasteiger partial charge in [-0.05, 0) is 56.7 Å². The third-order valence-electron chi connectivity index (χ3n) is 3.45. The Kier molecular flexibility index (Phi) is 6.70. The van der Waals surface area contributed by atoms with Crippen LogP contribution in [0.2, 0.25) is 0 Å². The van der Waals surface area contributed by atoms with Crippen LogP contribution in [-0.2, 0) is 10.0 Å². The predicted molar refractivity (Wildman–Crippen MR) is 104 cm³/mol. The molecule has 2 N–H and O–H groups in total. The van der Waals surface area contributed by atoms with E-state index in [1.54, 1.807) is 12.1 Å². The Morgan fingerprint density at radius 3 is 2.28 bits per heavy atom. The molecule has 0 heterocycles. The van der Waals surface area contributed by atoms with E-state index in [9.17, 15) is 8.42 Å². The van der Waals surface area contributed by atoms with Crippen molar-refractivity contribution in [3.8, 4) is 5.75 Å². The average molecular weight is 362 g/mol. The van der Waals surface area contributed by atoms with Gasteiger partial charge in [-0.3, -0.25) is 4.72 Å². The van der Waals surface area contributed by atoms with E-state index >= 15 is 0 Å². The minimum atomic E-state index is -3.28. The Bertz CT molecular complexity index is 772. The highest BCUT2D eigenvalue weighted by atomic mass is 32.2. The zero-order valence-corrected chi connectivity index (χ0v) is 15.8. The summed E-state index contributed by atoms with van der Waals surface area (Å²) in [5.74, 6) is 0.922. The molecule has 25 heavy (non-hydrogen) atoms. The summed E-state index contributed by atoms with van der Waals surface area (Å²) in [6, 6.07) is 14.9. The lowest BCUT2D eigenvalue weighted by molar-refractivity contribution is 0.244. The van der Waals surface area contributed by atoms with Crippen molar-refractivity contribution in [2.24, 2.45) is 0 Å². The first-order valence-electron chi connectivity index (χ1n) is 8.53. The fourth-order valence-electron chi connectivity index (χ4n) is 2.27. The normalized spacial score (nSPS) is 11.4. The van der Waals surface area contributed by atoms with Gasteiger partial charge in [0.2, 0.25) is 10.0 Å². The van der Waals surface area contributed by atoms with Crippen molar-refractivity contribution < 1.29 is 13.2 Å². The van der Waals surface area contributed by atoms with Gasteiger partial charge in [0, 0.05) is 11.4 Å². The first-order chi connectivity index (χ1) is 11.9. The van der Waals surface area contributed by atoms with Crippen LogP contribution in [0.5, 0.6) is 5.75 Å². The number of ether oxygens (including phenoxy) is 1. The second kappa shape index (κ2) is 8.76. The number of sulfonamides is 1. The van der Waals surface area contributed by atoms with Crippen LogP contribution in [0.25, 0.3) is 0 Å². The van der Waals surface area contributed by atoms with Crippen molar-refractivity contribution >= 4 is 27.1 Å². The van der Waals surface area contributed by atoms with E-state index in [1.165, 1.54) is 0 Å². The van der Waals surface area contributed by atoms with Gasteiger partial charge in [0.05, 0.1) is 17.5 Å². The second-order valence-corrected chi connectivity index (χ2v) is 7.98.